The Hall–Kier alpha value is -2.07. The van der Waals surface area contributed by atoms with Gasteiger partial charge >= 0.3 is 0 Å². The van der Waals surface area contributed by atoms with Crippen LogP contribution >= 0.6 is 11.8 Å². The first-order chi connectivity index (χ1) is 9.16. The molecule has 0 aromatic heterocycles. The van der Waals surface area contributed by atoms with E-state index in [-0.39, 0.29) is 11.1 Å². The number of hydrogen-bond donors (Lipinski definition) is 0. The zero-order valence-electron chi connectivity index (χ0n) is 10.3. The van der Waals surface area contributed by atoms with E-state index >= 15 is 0 Å². The van der Waals surface area contributed by atoms with Crippen molar-refractivity contribution in [2.24, 2.45) is 0 Å². The predicted molar refractivity (Wildman–Crippen MR) is 77.7 cm³/mol. The van der Waals surface area contributed by atoms with Crippen LogP contribution in [-0.4, -0.2) is 23.1 Å². The third-order valence-corrected chi connectivity index (χ3v) is 4.06. The van der Waals surface area contributed by atoms with E-state index < -0.39 is 0 Å². The number of thioether (sulfide) groups is 1. The van der Waals surface area contributed by atoms with E-state index in [1.54, 1.807) is 6.08 Å². The number of likely N-dealkylation sites (N-methyl/N-ethyl adjacent to an activating group) is 1. The van der Waals surface area contributed by atoms with Crippen LogP contribution in [0.25, 0.3) is 16.8 Å². The molecule has 2 aromatic carbocycles. The fourth-order valence-electron chi connectivity index (χ4n) is 2.06. The summed E-state index contributed by atoms with van der Waals surface area (Å²) in [7, 11) is 1.50. The average Bonchev–Trinajstić information content (AvgIpc) is 2.67. The number of carbonyl (C=O) groups is 2. The van der Waals surface area contributed by atoms with E-state index in [0.717, 1.165) is 33.0 Å². The highest BCUT2D eigenvalue weighted by atomic mass is 32.2. The third-order valence-electron chi connectivity index (χ3n) is 3.10. The minimum atomic E-state index is -0.233. The van der Waals surface area contributed by atoms with Crippen molar-refractivity contribution < 1.29 is 9.59 Å². The molecule has 4 heteroatoms. The number of fused-ring (bicyclic) bond motifs is 1. The van der Waals surface area contributed by atoms with Crippen LogP contribution in [0.4, 0.5) is 4.79 Å². The smallest absolute Gasteiger partial charge is 0.272 e. The highest BCUT2D eigenvalue weighted by molar-refractivity contribution is 8.18. The summed E-state index contributed by atoms with van der Waals surface area (Å²) in [5, 5.41) is 1.97. The summed E-state index contributed by atoms with van der Waals surface area (Å²) in [6.45, 7) is 0. The molecule has 1 heterocycles. The Morgan fingerprint density at radius 1 is 1.05 bits per heavy atom. The standard InChI is InChI=1S/C15H11NO2S/c1-16-14(17)13(19-15(16)18)9-11-7-4-6-10-5-2-3-8-12(10)11/h2-9H,1H3. The topological polar surface area (TPSA) is 37.4 Å². The first kappa shape index (κ1) is 12.0. The lowest BCUT2D eigenvalue weighted by Crippen LogP contribution is -2.22. The molecule has 3 nitrogen and oxygen atoms in total. The number of amides is 2. The van der Waals surface area contributed by atoms with Crippen LogP contribution < -0.4 is 0 Å². The Kier molecular flexibility index (Phi) is 2.87. The second-order valence-corrected chi connectivity index (χ2v) is 5.30. The molecule has 0 saturated carbocycles. The zero-order valence-corrected chi connectivity index (χ0v) is 11.1. The molecular weight excluding hydrogens is 258 g/mol. The number of carbonyl (C=O) groups excluding carboxylic acids is 2. The van der Waals surface area contributed by atoms with Gasteiger partial charge < -0.3 is 0 Å². The number of nitrogens with zero attached hydrogens (tertiary/aromatic N) is 1. The van der Waals surface area contributed by atoms with Crippen molar-refractivity contribution in [2.45, 2.75) is 0 Å². The number of hydrogen-bond acceptors (Lipinski definition) is 3. The first-order valence-corrected chi connectivity index (χ1v) is 6.68. The van der Waals surface area contributed by atoms with Crippen molar-refractivity contribution in [2.75, 3.05) is 7.05 Å². The van der Waals surface area contributed by atoms with Crippen molar-refractivity contribution in [3.05, 3.63) is 52.9 Å². The highest BCUT2D eigenvalue weighted by Crippen LogP contribution is 2.32. The maximum Gasteiger partial charge on any atom is 0.293 e. The van der Waals surface area contributed by atoms with Gasteiger partial charge in [0.15, 0.2) is 0 Å². The molecular formula is C15H11NO2S. The Morgan fingerprint density at radius 2 is 1.79 bits per heavy atom. The quantitative estimate of drug-likeness (QED) is 0.743. The van der Waals surface area contributed by atoms with Crippen LogP contribution in [0.3, 0.4) is 0 Å². The monoisotopic (exact) mass is 269 g/mol. The third kappa shape index (κ3) is 2.04. The molecule has 0 atom stereocenters. The van der Waals surface area contributed by atoms with Crippen LogP contribution in [0.1, 0.15) is 5.56 Å². The summed E-state index contributed by atoms with van der Waals surface area (Å²) in [6.07, 6.45) is 1.79. The van der Waals surface area contributed by atoms with Crippen molar-refractivity contribution in [3.8, 4) is 0 Å². The van der Waals surface area contributed by atoms with E-state index in [1.807, 2.05) is 42.5 Å². The highest BCUT2D eigenvalue weighted by Gasteiger charge is 2.31. The molecule has 94 valence electrons. The van der Waals surface area contributed by atoms with Gasteiger partial charge in [0.2, 0.25) is 0 Å². The molecule has 2 aromatic rings. The molecule has 0 unspecified atom stereocenters. The van der Waals surface area contributed by atoms with E-state index in [0.29, 0.717) is 4.91 Å². The lowest BCUT2D eigenvalue weighted by molar-refractivity contribution is -0.121. The lowest BCUT2D eigenvalue weighted by atomic mass is 10.0. The van der Waals surface area contributed by atoms with E-state index in [4.69, 9.17) is 0 Å². The number of imide groups is 1. The summed E-state index contributed by atoms with van der Waals surface area (Å²) >= 11 is 0.984. The van der Waals surface area contributed by atoms with Crippen LogP contribution in [0.15, 0.2) is 47.4 Å². The molecule has 3 rings (SSSR count). The summed E-state index contributed by atoms with van der Waals surface area (Å²) < 4.78 is 0. The van der Waals surface area contributed by atoms with Crippen LogP contribution in [0, 0.1) is 0 Å². The fraction of sp³-hybridized carbons (Fsp3) is 0.0667. The van der Waals surface area contributed by atoms with E-state index in [1.165, 1.54) is 7.05 Å². The summed E-state index contributed by atoms with van der Waals surface area (Å²) in [5.41, 5.74) is 0.956. The van der Waals surface area contributed by atoms with Crippen LogP contribution in [0.2, 0.25) is 0 Å². The molecule has 1 aliphatic rings. The summed E-state index contributed by atoms with van der Waals surface area (Å²) in [4.78, 5) is 25.0. The fourth-order valence-corrected chi connectivity index (χ4v) is 2.88. The van der Waals surface area contributed by atoms with Crippen LogP contribution in [-0.2, 0) is 4.79 Å². The molecule has 1 fully saturated rings. The van der Waals surface area contributed by atoms with Crippen LogP contribution in [0.5, 0.6) is 0 Å². The second-order valence-electron chi connectivity index (χ2n) is 4.31. The average molecular weight is 269 g/mol. The Labute approximate surface area is 114 Å². The van der Waals surface area contributed by atoms with Crippen molar-refractivity contribution in [1.29, 1.82) is 0 Å². The van der Waals surface area contributed by atoms with Crippen molar-refractivity contribution >= 4 is 39.8 Å². The Morgan fingerprint density at radius 3 is 2.53 bits per heavy atom. The Balaban J connectivity index is 2.12. The largest absolute Gasteiger partial charge is 0.293 e. The SMILES string of the molecule is CN1C(=O)SC(=Cc2cccc3ccccc23)C1=O. The van der Waals surface area contributed by atoms with Gasteiger partial charge in [0.1, 0.15) is 0 Å². The van der Waals surface area contributed by atoms with E-state index in [9.17, 15) is 9.59 Å². The van der Waals surface area contributed by atoms with Crippen molar-refractivity contribution in [3.63, 3.8) is 0 Å². The van der Waals surface area contributed by atoms with Gasteiger partial charge in [-0.15, -0.1) is 0 Å². The number of rotatable bonds is 1. The molecule has 1 aliphatic heterocycles. The van der Waals surface area contributed by atoms with Gasteiger partial charge in [0.25, 0.3) is 11.1 Å². The maximum atomic E-state index is 11.9. The van der Waals surface area contributed by atoms with Gasteiger partial charge in [-0.2, -0.15) is 0 Å². The van der Waals surface area contributed by atoms with Gasteiger partial charge in [-0.25, -0.2) is 0 Å². The molecule has 2 amide bonds. The van der Waals surface area contributed by atoms with Gasteiger partial charge in [-0.1, -0.05) is 42.5 Å². The molecule has 0 bridgehead atoms. The molecule has 0 spiro atoms. The minimum absolute atomic E-state index is 0.225. The maximum absolute atomic E-state index is 11.9. The summed E-state index contributed by atoms with van der Waals surface area (Å²) in [6, 6.07) is 13.9. The minimum Gasteiger partial charge on any atom is -0.272 e. The zero-order chi connectivity index (χ0) is 13.4. The van der Waals surface area contributed by atoms with Gasteiger partial charge in [0, 0.05) is 7.05 Å². The Bertz CT molecular complexity index is 716. The normalized spacial score (nSPS) is 17.7. The summed E-state index contributed by atoms with van der Waals surface area (Å²) in [5.74, 6) is -0.233. The van der Waals surface area contributed by atoms with Gasteiger partial charge in [-0.3, -0.25) is 14.5 Å². The van der Waals surface area contributed by atoms with Gasteiger partial charge in [0.05, 0.1) is 4.91 Å². The predicted octanol–water partition coefficient (Wildman–Crippen LogP) is 3.51. The molecule has 0 aliphatic carbocycles. The van der Waals surface area contributed by atoms with E-state index in [2.05, 4.69) is 0 Å². The number of benzene rings is 2. The van der Waals surface area contributed by atoms with Crippen molar-refractivity contribution in [1.82, 2.24) is 4.90 Å². The van der Waals surface area contributed by atoms with Gasteiger partial charge in [-0.05, 0) is 34.2 Å². The molecule has 1 saturated heterocycles. The lowest BCUT2D eigenvalue weighted by Gasteiger charge is -2.03. The first-order valence-electron chi connectivity index (χ1n) is 5.86. The molecule has 0 N–H and O–H groups in total. The second kappa shape index (κ2) is 4.55. The molecule has 0 radical (unpaired) electrons. The molecule has 19 heavy (non-hydrogen) atoms.